The van der Waals surface area contributed by atoms with Crippen molar-refractivity contribution in [2.45, 2.75) is 38.5 Å². The molecule has 104 valence electrons. The van der Waals surface area contributed by atoms with Gasteiger partial charge in [0.25, 0.3) is 0 Å². The van der Waals surface area contributed by atoms with Gasteiger partial charge >= 0.3 is 5.97 Å². The molecule has 1 aromatic carbocycles. The molecule has 0 N–H and O–H groups in total. The zero-order chi connectivity index (χ0) is 14.3. The molecule has 1 aromatic rings. The SMILES string of the molecule is COC(=O)C1(c2cc(C(C)(C)C)ccc2C)COC1. The predicted molar refractivity (Wildman–Crippen MR) is 74.4 cm³/mol. The second kappa shape index (κ2) is 4.64. The number of methoxy groups -OCH3 is 1. The lowest BCUT2D eigenvalue weighted by molar-refractivity contribution is -0.166. The molecular formula is C16H22O3. The minimum Gasteiger partial charge on any atom is -0.468 e. The lowest BCUT2D eigenvalue weighted by Gasteiger charge is -2.40. The third-order valence-electron chi connectivity index (χ3n) is 3.89. The lowest BCUT2D eigenvalue weighted by Crippen LogP contribution is -2.54. The van der Waals surface area contributed by atoms with Crippen molar-refractivity contribution >= 4 is 5.97 Å². The van der Waals surface area contributed by atoms with Crippen molar-refractivity contribution in [1.82, 2.24) is 0 Å². The standard InChI is InChI=1S/C16H22O3/c1-11-6-7-12(15(2,3)4)8-13(11)16(9-19-10-16)14(17)18-5/h6-8H,9-10H2,1-5H3. The smallest absolute Gasteiger partial charge is 0.321 e. The highest BCUT2D eigenvalue weighted by Crippen LogP contribution is 2.37. The van der Waals surface area contributed by atoms with Gasteiger partial charge in [-0.25, -0.2) is 0 Å². The second-order valence-electron chi connectivity index (χ2n) is 6.35. The van der Waals surface area contributed by atoms with Gasteiger partial charge in [0.05, 0.1) is 20.3 Å². The Morgan fingerprint density at radius 1 is 1.32 bits per heavy atom. The molecule has 0 spiro atoms. The Morgan fingerprint density at radius 3 is 2.37 bits per heavy atom. The molecule has 0 unspecified atom stereocenters. The first-order valence-electron chi connectivity index (χ1n) is 6.59. The first-order chi connectivity index (χ1) is 8.81. The molecule has 2 rings (SSSR count). The molecule has 1 heterocycles. The summed E-state index contributed by atoms with van der Waals surface area (Å²) >= 11 is 0. The van der Waals surface area contributed by atoms with Crippen LogP contribution in [0.25, 0.3) is 0 Å². The zero-order valence-corrected chi connectivity index (χ0v) is 12.4. The van der Waals surface area contributed by atoms with Crippen molar-refractivity contribution < 1.29 is 14.3 Å². The Hall–Kier alpha value is -1.35. The molecule has 0 aromatic heterocycles. The maximum absolute atomic E-state index is 12.1. The van der Waals surface area contributed by atoms with Gasteiger partial charge in [-0.05, 0) is 29.0 Å². The molecule has 1 saturated heterocycles. The van der Waals surface area contributed by atoms with E-state index >= 15 is 0 Å². The zero-order valence-electron chi connectivity index (χ0n) is 12.4. The third-order valence-corrected chi connectivity index (χ3v) is 3.89. The number of aryl methyl sites for hydroxylation is 1. The van der Waals surface area contributed by atoms with Crippen molar-refractivity contribution in [3.63, 3.8) is 0 Å². The van der Waals surface area contributed by atoms with Crippen LogP contribution in [-0.2, 0) is 25.1 Å². The summed E-state index contributed by atoms with van der Waals surface area (Å²) in [6.07, 6.45) is 0. The summed E-state index contributed by atoms with van der Waals surface area (Å²) in [7, 11) is 1.44. The molecule has 1 aliphatic rings. The minimum absolute atomic E-state index is 0.0599. The number of esters is 1. The van der Waals surface area contributed by atoms with Gasteiger partial charge in [-0.3, -0.25) is 4.79 Å². The van der Waals surface area contributed by atoms with Crippen LogP contribution in [0.1, 0.15) is 37.5 Å². The van der Waals surface area contributed by atoms with Crippen LogP contribution in [0.4, 0.5) is 0 Å². The molecule has 3 heteroatoms. The molecule has 0 bridgehead atoms. The van der Waals surface area contributed by atoms with Gasteiger partial charge in [0.2, 0.25) is 0 Å². The Bertz CT molecular complexity index is 493. The Morgan fingerprint density at radius 2 is 1.95 bits per heavy atom. The number of carbonyl (C=O) groups excluding carboxylic acids is 1. The molecule has 3 nitrogen and oxygen atoms in total. The third kappa shape index (κ3) is 2.27. The highest BCUT2D eigenvalue weighted by atomic mass is 16.5. The van der Waals surface area contributed by atoms with E-state index in [4.69, 9.17) is 9.47 Å². The summed E-state index contributed by atoms with van der Waals surface area (Å²) in [6, 6.07) is 6.34. The summed E-state index contributed by atoms with van der Waals surface area (Å²) in [4.78, 5) is 12.1. The normalized spacial score (nSPS) is 17.7. The number of rotatable bonds is 2. The van der Waals surface area contributed by atoms with Gasteiger partial charge in [0.15, 0.2) is 0 Å². The van der Waals surface area contributed by atoms with Crippen molar-refractivity contribution in [2.75, 3.05) is 20.3 Å². The summed E-state index contributed by atoms with van der Waals surface area (Å²) in [5.41, 5.74) is 2.83. The van der Waals surface area contributed by atoms with Crippen LogP contribution >= 0.6 is 0 Å². The first-order valence-corrected chi connectivity index (χ1v) is 6.59. The molecule has 1 aliphatic heterocycles. The fraction of sp³-hybridized carbons (Fsp3) is 0.562. The minimum atomic E-state index is -0.611. The van der Waals surface area contributed by atoms with Gasteiger partial charge in [0, 0.05) is 0 Å². The van der Waals surface area contributed by atoms with Gasteiger partial charge in [-0.2, -0.15) is 0 Å². The Kier molecular flexibility index (Phi) is 3.43. The van der Waals surface area contributed by atoms with E-state index in [1.165, 1.54) is 12.7 Å². The van der Waals surface area contributed by atoms with E-state index in [9.17, 15) is 4.79 Å². The van der Waals surface area contributed by atoms with Crippen molar-refractivity contribution in [2.24, 2.45) is 0 Å². The van der Waals surface area contributed by atoms with E-state index in [-0.39, 0.29) is 11.4 Å². The van der Waals surface area contributed by atoms with Crippen LogP contribution in [-0.4, -0.2) is 26.3 Å². The molecule has 19 heavy (non-hydrogen) atoms. The van der Waals surface area contributed by atoms with E-state index in [1.54, 1.807) is 0 Å². The molecule has 0 atom stereocenters. The van der Waals surface area contributed by atoms with Gasteiger partial charge in [-0.1, -0.05) is 39.0 Å². The number of carbonyl (C=O) groups is 1. The first kappa shape index (κ1) is 14.1. The van der Waals surface area contributed by atoms with Gasteiger partial charge in [-0.15, -0.1) is 0 Å². The number of hydrogen-bond acceptors (Lipinski definition) is 3. The lowest BCUT2D eigenvalue weighted by atomic mass is 9.74. The monoisotopic (exact) mass is 262 g/mol. The van der Waals surface area contributed by atoms with E-state index in [0.29, 0.717) is 13.2 Å². The summed E-state index contributed by atoms with van der Waals surface area (Å²) in [5, 5.41) is 0. The predicted octanol–water partition coefficient (Wildman–Crippen LogP) is 2.73. The number of benzene rings is 1. The van der Waals surface area contributed by atoms with Crippen LogP contribution in [0.5, 0.6) is 0 Å². The molecular weight excluding hydrogens is 240 g/mol. The average molecular weight is 262 g/mol. The molecule has 0 radical (unpaired) electrons. The quantitative estimate of drug-likeness (QED) is 0.769. The van der Waals surface area contributed by atoms with E-state index in [2.05, 4.69) is 39.0 Å². The summed E-state index contributed by atoms with van der Waals surface area (Å²) < 4.78 is 10.3. The maximum atomic E-state index is 12.1. The van der Waals surface area contributed by atoms with Crippen LogP contribution in [0, 0.1) is 6.92 Å². The van der Waals surface area contributed by atoms with Crippen LogP contribution in [0.2, 0.25) is 0 Å². The second-order valence-corrected chi connectivity index (χ2v) is 6.35. The van der Waals surface area contributed by atoms with Crippen LogP contribution in [0.3, 0.4) is 0 Å². The summed E-state index contributed by atoms with van der Waals surface area (Å²) in [5.74, 6) is -0.201. The van der Waals surface area contributed by atoms with E-state index in [0.717, 1.165) is 11.1 Å². The van der Waals surface area contributed by atoms with E-state index in [1.807, 2.05) is 6.92 Å². The number of ether oxygens (including phenoxy) is 2. The van der Waals surface area contributed by atoms with Crippen molar-refractivity contribution in [3.05, 3.63) is 34.9 Å². The fourth-order valence-electron chi connectivity index (χ4n) is 2.49. The molecule has 0 aliphatic carbocycles. The topological polar surface area (TPSA) is 35.5 Å². The molecule has 0 amide bonds. The average Bonchev–Trinajstić information content (AvgIpc) is 2.28. The van der Waals surface area contributed by atoms with Gasteiger partial charge < -0.3 is 9.47 Å². The Labute approximate surface area is 114 Å². The van der Waals surface area contributed by atoms with Crippen molar-refractivity contribution in [3.8, 4) is 0 Å². The maximum Gasteiger partial charge on any atom is 0.321 e. The highest BCUT2D eigenvalue weighted by molar-refractivity contribution is 5.85. The van der Waals surface area contributed by atoms with Crippen molar-refractivity contribution in [1.29, 1.82) is 0 Å². The fourth-order valence-corrected chi connectivity index (χ4v) is 2.49. The highest BCUT2D eigenvalue weighted by Gasteiger charge is 2.49. The largest absolute Gasteiger partial charge is 0.468 e. The van der Waals surface area contributed by atoms with Gasteiger partial charge in [0.1, 0.15) is 5.41 Å². The van der Waals surface area contributed by atoms with E-state index < -0.39 is 5.41 Å². The van der Waals surface area contributed by atoms with Crippen LogP contribution in [0.15, 0.2) is 18.2 Å². The summed E-state index contributed by atoms with van der Waals surface area (Å²) in [6.45, 7) is 9.36. The molecule has 1 fully saturated rings. The Balaban J connectivity index is 2.52. The number of hydrogen-bond donors (Lipinski definition) is 0. The van der Waals surface area contributed by atoms with Crippen LogP contribution < -0.4 is 0 Å². The molecule has 0 saturated carbocycles.